The minimum absolute atomic E-state index is 0.132. The van der Waals surface area contributed by atoms with Gasteiger partial charge in [-0.1, -0.05) is 23.2 Å². The number of anilines is 1. The number of pyridine rings is 1. The predicted molar refractivity (Wildman–Crippen MR) is 68.5 cm³/mol. The van der Waals surface area contributed by atoms with E-state index in [0.717, 1.165) is 0 Å². The summed E-state index contributed by atoms with van der Waals surface area (Å²) in [6.07, 6.45) is 0. The molecule has 1 heterocycles. The highest BCUT2D eigenvalue weighted by Gasteiger charge is 2.14. The van der Waals surface area contributed by atoms with Crippen molar-refractivity contribution >= 4 is 29.0 Å². The summed E-state index contributed by atoms with van der Waals surface area (Å²) in [4.78, 5) is 3.55. The van der Waals surface area contributed by atoms with E-state index in [1.165, 1.54) is 18.2 Å². The number of halogens is 4. The van der Waals surface area contributed by atoms with Crippen molar-refractivity contribution in [2.75, 3.05) is 5.43 Å². The third kappa shape index (κ3) is 3.04. The van der Waals surface area contributed by atoms with Crippen molar-refractivity contribution in [2.45, 2.75) is 0 Å². The van der Waals surface area contributed by atoms with Gasteiger partial charge in [-0.05, 0) is 18.2 Å². The van der Waals surface area contributed by atoms with Crippen LogP contribution in [-0.4, -0.2) is 4.98 Å². The Bertz CT molecular complexity index is 625. The molecule has 0 aliphatic heterocycles. The van der Waals surface area contributed by atoms with Crippen LogP contribution in [0.1, 0.15) is 0 Å². The van der Waals surface area contributed by atoms with Gasteiger partial charge >= 0.3 is 0 Å². The van der Waals surface area contributed by atoms with Crippen LogP contribution in [0.25, 0.3) is 0 Å². The summed E-state index contributed by atoms with van der Waals surface area (Å²) >= 11 is 11.6. The molecule has 0 spiro atoms. The van der Waals surface area contributed by atoms with E-state index in [1.54, 1.807) is 0 Å². The molecule has 2 rings (SSSR count). The second-order valence-electron chi connectivity index (χ2n) is 3.43. The predicted octanol–water partition coefficient (Wildman–Crippen LogP) is 3.74. The van der Waals surface area contributed by atoms with Crippen molar-refractivity contribution in [3.63, 3.8) is 0 Å². The highest BCUT2D eigenvalue weighted by atomic mass is 35.5. The van der Waals surface area contributed by atoms with Crippen LogP contribution in [0.3, 0.4) is 0 Å². The number of hydrazine groups is 1. The van der Waals surface area contributed by atoms with E-state index in [1.807, 2.05) is 5.43 Å². The maximum atomic E-state index is 13.5. The van der Waals surface area contributed by atoms with Gasteiger partial charge in [-0.2, -0.15) is 4.98 Å². The van der Waals surface area contributed by atoms with E-state index < -0.39 is 17.5 Å². The minimum Gasteiger partial charge on any atom is -0.435 e. The van der Waals surface area contributed by atoms with Crippen LogP contribution < -0.4 is 16.0 Å². The van der Waals surface area contributed by atoms with Gasteiger partial charge in [-0.3, -0.25) is 0 Å². The lowest BCUT2D eigenvalue weighted by Crippen LogP contribution is -2.11. The highest BCUT2D eigenvalue weighted by molar-refractivity contribution is 6.35. The van der Waals surface area contributed by atoms with E-state index in [-0.39, 0.29) is 16.6 Å². The largest absolute Gasteiger partial charge is 0.435 e. The molecule has 0 aliphatic rings. The van der Waals surface area contributed by atoms with Crippen LogP contribution in [0, 0.1) is 11.6 Å². The number of nitrogens with zero attached hydrogens (tertiary/aromatic N) is 1. The fraction of sp³-hybridized carbons (Fsp3) is 0. The molecule has 19 heavy (non-hydrogen) atoms. The summed E-state index contributed by atoms with van der Waals surface area (Å²) in [7, 11) is 0. The topological polar surface area (TPSA) is 60.2 Å². The quantitative estimate of drug-likeness (QED) is 0.670. The Balaban J connectivity index is 2.37. The van der Waals surface area contributed by atoms with Crippen molar-refractivity contribution in [3.8, 4) is 11.6 Å². The molecule has 0 aliphatic carbocycles. The van der Waals surface area contributed by atoms with Crippen molar-refractivity contribution in [3.05, 3.63) is 45.9 Å². The summed E-state index contributed by atoms with van der Waals surface area (Å²) in [5.74, 6) is 2.45. The standard InChI is InChI=1S/C11H7Cl2F2N3O/c12-5-1-2-9(6(13)3-5)19-11-8(15)4-7(14)10(17-11)18-16/h1-4H,16H2,(H,17,18). The lowest BCUT2D eigenvalue weighted by molar-refractivity contribution is 0.418. The zero-order valence-electron chi connectivity index (χ0n) is 9.25. The Morgan fingerprint density at radius 1 is 1.16 bits per heavy atom. The number of nitrogens with two attached hydrogens (primary N) is 1. The first-order valence-corrected chi connectivity index (χ1v) is 5.72. The number of ether oxygens (including phenoxy) is 1. The van der Waals surface area contributed by atoms with Crippen molar-refractivity contribution < 1.29 is 13.5 Å². The molecule has 3 N–H and O–H groups in total. The molecule has 0 fully saturated rings. The first-order chi connectivity index (χ1) is 9.01. The van der Waals surface area contributed by atoms with E-state index >= 15 is 0 Å². The number of nitrogens with one attached hydrogen (secondary N) is 1. The Labute approximate surface area is 117 Å². The summed E-state index contributed by atoms with van der Waals surface area (Å²) in [5, 5.41) is 0.564. The lowest BCUT2D eigenvalue weighted by atomic mass is 10.3. The van der Waals surface area contributed by atoms with Gasteiger partial charge in [0.15, 0.2) is 17.5 Å². The van der Waals surface area contributed by atoms with Gasteiger partial charge in [0, 0.05) is 11.1 Å². The average Bonchev–Trinajstić information content (AvgIpc) is 2.35. The van der Waals surface area contributed by atoms with Gasteiger partial charge < -0.3 is 10.2 Å². The number of aromatic nitrogens is 1. The first kappa shape index (κ1) is 13.8. The molecule has 0 atom stereocenters. The van der Waals surface area contributed by atoms with Crippen molar-refractivity contribution in [1.82, 2.24) is 4.98 Å². The zero-order valence-corrected chi connectivity index (χ0v) is 10.8. The fourth-order valence-electron chi connectivity index (χ4n) is 1.28. The van der Waals surface area contributed by atoms with Gasteiger partial charge in [-0.15, -0.1) is 0 Å². The summed E-state index contributed by atoms with van der Waals surface area (Å²) in [6.45, 7) is 0. The van der Waals surface area contributed by atoms with Gasteiger partial charge in [0.25, 0.3) is 5.88 Å². The average molecular weight is 306 g/mol. The number of benzene rings is 1. The fourth-order valence-corrected chi connectivity index (χ4v) is 1.73. The molecule has 0 radical (unpaired) electrons. The molecule has 1 aromatic heterocycles. The summed E-state index contributed by atoms with van der Waals surface area (Å²) < 4.78 is 31.8. The molecule has 2 aromatic rings. The van der Waals surface area contributed by atoms with Crippen LogP contribution in [0.5, 0.6) is 11.6 Å². The molecule has 100 valence electrons. The van der Waals surface area contributed by atoms with Gasteiger partial charge in [0.1, 0.15) is 5.75 Å². The molecule has 4 nitrogen and oxygen atoms in total. The molecule has 8 heteroatoms. The zero-order chi connectivity index (χ0) is 14.0. The van der Waals surface area contributed by atoms with Crippen LogP contribution >= 0.6 is 23.2 Å². The number of hydrogen-bond acceptors (Lipinski definition) is 4. The number of hydrogen-bond donors (Lipinski definition) is 2. The molecule has 0 bridgehead atoms. The third-order valence-corrected chi connectivity index (χ3v) is 2.67. The SMILES string of the molecule is NNc1nc(Oc2ccc(Cl)cc2Cl)c(F)cc1F. The minimum atomic E-state index is -0.984. The molecule has 1 aromatic carbocycles. The molecule has 0 saturated carbocycles. The highest BCUT2D eigenvalue weighted by Crippen LogP contribution is 2.32. The van der Waals surface area contributed by atoms with Gasteiger partial charge in [0.2, 0.25) is 0 Å². The third-order valence-electron chi connectivity index (χ3n) is 2.13. The summed E-state index contributed by atoms with van der Waals surface area (Å²) in [5.41, 5.74) is 1.99. The Hall–Kier alpha value is -1.63. The maximum Gasteiger partial charge on any atom is 0.258 e. The normalized spacial score (nSPS) is 10.4. The van der Waals surface area contributed by atoms with E-state index in [9.17, 15) is 8.78 Å². The lowest BCUT2D eigenvalue weighted by Gasteiger charge is -2.09. The second-order valence-corrected chi connectivity index (χ2v) is 4.27. The Morgan fingerprint density at radius 2 is 1.89 bits per heavy atom. The van der Waals surface area contributed by atoms with Gasteiger partial charge in [-0.25, -0.2) is 14.6 Å². The van der Waals surface area contributed by atoms with Crippen molar-refractivity contribution in [2.24, 2.45) is 5.84 Å². The van der Waals surface area contributed by atoms with Gasteiger partial charge in [0.05, 0.1) is 5.02 Å². The molecular weight excluding hydrogens is 299 g/mol. The molecular formula is C11H7Cl2F2N3O. The summed E-state index contributed by atoms with van der Waals surface area (Å²) in [6, 6.07) is 4.96. The van der Waals surface area contributed by atoms with Crippen LogP contribution in [0.2, 0.25) is 10.0 Å². The van der Waals surface area contributed by atoms with Crippen LogP contribution in [0.4, 0.5) is 14.6 Å². The molecule has 0 unspecified atom stereocenters. The maximum absolute atomic E-state index is 13.5. The first-order valence-electron chi connectivity index (χ1n) is 4.97. The van der Waals surface area contributed by atoms with Crippen LogP contribution in [-0.2, 0) is 0 Å². The monoisotopic (exact) mass is 305 g/mol. The number of rotatable bonds is 3. The van der Waals surface area contributed by atoms with E-state index in [2.05, 4.69) is 4.98 Å². The van der Waals surface area contributed by atoms with Crippen molar-refractivity contribution in [1.29, 1.82) is 0 Å². The Morgan fingerprint density at radius 3 is 2.53 bits per heavy atom. The second kappa shape index (κ2) is 5.56. The Kier molecular flexibility index (Phi) is 4.04. The van der Waals surface area contributed by atoms with E-state index in [0.29, 0.717) is 11.1 Å². The number of nitrogen functional groups attached to an aromatic ring is 1. The molecule has 0 amide bonds. The van der Waals surface area contributed by atoms with E-state index in [4.69, 9.17) is 33.8 Å². The van der Waals surface area contributed by atoms with Crippen LogP contribution in [0.15, 0.2) is 24.3 Å². The molecule has 0 saturated heterocycles. The smallest absolute Gasteiger partial charge is 0.258 e.